The zero-order chi connectivity index (χ0) is 29.8. The van der Waals surface area contributed by atoms with E-state index in [-0.39, 0.29) is 16.5 Å². The van der Waals surface area contributed by atoms with Crippen LogP contribution in [0, 0.1) is 12.8 Å². The summed E-state index contributed by atoms with van der Waals surface area (Å²) in [7, 11) is 1.53. The summed E-state index contributed by atoms with van der Waals surface area (Å²) >= 11 is 2.70. The number of ketones is 1. The maximum atomic E-state index is 13.7. The summed E-state index contributed by atoms with van der Waals surface area (Å²) in [5.74, 6) is 0.665. The molecule has 0 radical (unpaired) electrons. The van der Waals surface area contributed by atoms with Crippen LogP contribution in [0.3, 0.4) is 0 Å². The average molecular weight is 606 g/mol. The smallest absolute Gasteiger partial charge is 0.296 e. The minimum Gasteiger partial charge on any atom is -0.503 e. The Kier molecular flexibility index (Phi) is 8.98. The normalized spacial score (nSPS) is 15.1. The molecular weight excluding hydrogens is 574 g/mol. The van der Waals surface area contributed by atoms with Gasteiger partial charge in [0.2, 0.25) is 10.9 Å². The number of amides is 1. The number of anilines is 1. The quantitative estimate of drug-likeness (QED) is 0.104. The molecule has 1 unspecified atom stereocenters. The number of aryl methyl sites for hydroxylation is 1. The number of furan rings is 1. The molecule has 0 bridgehead atoms. The third-order valence-corrected chi connectivity index (χ3v) is 8.81. The van der Waals surface area contributed by atoms with Crippen molar-refractivity contribution in [3.8, 4) is 11.5 Å². The Hall–Kier alpha value is -4.09. The Morgan fingerprint density at radius 3 is 2.60 bits per heavy atom. The molecular formula is C31H31N3O6S2. The molecule has 1 aliphatic rings. The maximum absolute atomic E-state index is 13.7. The van der Waals surface area contributed by atoms with Crippen LogP contribution in [0.5, 0.6) is 11.5 Å². The van der Waals surface area contributed by atoms with Gasteiger partial charge in [-0.15, -0.1) is 10.2 Å². The molecule has 0 aliphatic carbocycles. The van der Waals surface area contributed by atoms with Crippen LogP contribution in [-0.4, -0.2) is 40.7 Å². The van der Waals surface area contributed by atoms with Crippen molar-refractivity contribution in [2.45, 2.75) is 43.3 Å². The molecule has 11 heteroatoms. The lowest BCUT2D eigenvalue weighted by Gasteiger charge is -2.24. The highest BCUT2D eigenvalue weighted by Gasteiger charge is 2.47. The minimum atomic E-state index is -1.01. The number of hydrogen-bond acceptors (Lipinski definition) is 10. The number of Topliss-reactive ketones (excluding diaryl/α,β-unsaturated/α-hetero) is 1. The van der Waals surface area contributed by atoms with E-state index in [9.17, 15) is 14.7 Å². The Bertz CT molecular complexity index is 1610. The first-order valence-corrected chi connectivity index (χ1v) is 15.3. The van der Waals surface area contributed by atoms with Crippen molar-refractivity contribution in [1.82, 2.24) is 10.2 Å². The average Bonchev–Trinajstić information content (AvgIpc) is 3.70. The molecule has 218 valence electrons. The second kappa shape index (κ2) is 12.8. The predicted molar refractivity (Wildman–Crippen MR) is 162 cm³/mol. The van der Waals surface area contributed by atoms with E-state index < -0.39 is 23.5 Å². The van der Waals surface area contributed by atoms with Gasteiger partial charge in [-0.3, -0.25) is 14.5 Å². The number of hydrogen-bond donors (Lipinski definition) is 1. The van der Waals surface area contributed by atoms with Gasteiger partial charge in [0.1, 0.15) is 5.76 Å². The summed E-state index contributed by atoms with van der Waals surface area (Å²) in [6, 6.07) is 17.3. The number of benzene rings is 2. The van der Waals surface area contributed by atoms with Crippen LogP contribution in [0.2, 0.25) is 0 Å². The molecule has 1 N–H and O–H groups in total. The molecule has 1 amide bonds. The molecule has 1 aliphatic heterocycles. The zero-order valence-corrected chi connectivity index (χ0v) is 25.3. The monoisotopic (exact) mass is 605 g/mol. The third kappa shape index (κ3) is 6.22. The van der Waals surface area contributed by atoms with Crippen LogP contribution in [0.1, 0.15) is 53.8 Å². The number of carbonyl (C=O) groups excluding carboxylic acids is 2. The Morgan fingerprint density at radius 1 is 1.12 bits per heavy atom. The van der Waals surface area contributed by atoms with Gasteiger partial charge >= 0.3 is 0 Å². The molecule has 0 fully saturated rings. The van der Waals surface area contributed by atoms with Crippen molar-refractivity contribution >= 4 is 39.9 Å². The highest BCUT2D eigenvalue weighted by atomic mass is 32.2. The topological polar surface area (TPSA) is 115 Å². The third-order valence-electron chi connectivity index (χ3n) is 6.68. The predicted octanol–water partition coefficient (Wildman–Crippen LogP) is 6.95. The van der Waals surface area contributed by atoms with Gasteiger partial charge < -0.3 is 19.0 Å². The molecule has 9 nitrogen and oxygen atoms in total. The first-order chi connectivity index (χ1) is 20.3. The van der Waals surface area contributed by atoms with Crippen LogP contribution in [0.15, 0.2) is 80.8 Å². The van der Waals surface area contributed by atoms with Crippen molar-refractivity contribution in [2.75, 3.05) is 18.6 Å². The summed E-state index contributed by atoms with van der Waals surface area (Å²) in [5.41, 5.74) is 1.54. The van der Waals surface area contributed by atoms with Crippen molar-refractivity contribution in [1.29, 1.82) is 0 Å². The van der Waals surface area contributed by atoms with E-state index >= 15 is 0 Å². The van der Waals surface area contributed by atoms with E-state index in [1.807, 2.05) is 30.3 Å². The fraction of sp³-hybridized carbons (Fsp3) is 0.290. The molecule has 5 rings (SSSR count). The van der Waals surface area contributed by atoms with E-state index in [0.29, 0.717) is 45.4 Å². The van der Waals surface area contributed by atoms with Gasteiger partial charge in [0, 0.05) is 5.75 Å². The van der Waals surface area contributed by atoms with E-state index in [2.05, 4.69) is 24.0 Å². The first kappa shape index (κ1) is 29.4. The first-order valence-electron chi connectivity index (χ1n) is 13.5. The van der Waals surface area contributed by atoms with Gasteiger partial charge in [0.25, 0.3) is 5.91 Å². The highest BCUT2D eigenvalue weighted by molar-refractivity contribution is 8.00. The standard InChI is InChI=1S/C31H31N3O6S2/c1-18(2)14-15-39-22-13-11-21(16-24(22)38-4)26-25(27(35)23-12-10-19(3)40-23)28(36)29(37)34(26)30-32-33-31(42-30)41-17-20-8-6-5-7-9-20/h5-13,16,18,26,36H,14-15,17H2,1-4H3. The van der Waals surface area contributed by atoms with Gasteiger partial charge in [-0.2, -0.15) is 0 Å². The van der Waals surface area contributed by atoms with Crippen LogP contribution in [0.25, 0.3) is 0 Å². The lowest BCUT2D eigenvalue weighted by atomic mass is 9.95. The zero-order valence-electron chi connectivity index (χ0n) is 23.7. The number of nitrogens with zero attached hydrogens (tertiary/aromatic N) is 3. The van der Waals surface area contributed by atoms with Crippen LogP contribution in [0.4, 0.5) is 5.13 Å². The molecule has 0 spiro atoms. The van der Waals surface area contributed by atoms with Gasteiger partial charge in [0.05, 0.1) is 25.3 Å². The number of ether oxygens (including phenoxy) is 2. The summed E-state index contributed by atoms with van der Waals surface area (Å²) in [4.78, 5) is 28.6. The number of rotatable bonds is 12. The molecule has 4 aromatic rings. The van der Waals surface area contributed by atoms with Crippen LogP contribution < -0.4 is 14.4 Å². The fourth-order valence-corrected chi connectivity index (χ4v) is 6.32. The second-order valence-electron chi connectivity index (χ2n) is 10.1. The Balaban J connectivity index is 1.51. The number of thioether (sulfide) groups is 1. The van der Waals surface area contributed by atoms with E-state index in [0.717, 1.165) is 12.0 Å². The molecule has 2 aromatic heterocycles. The van der Waals surface area contributed by atoms with Crippen molar-refractivity contribution in [2.24, 2.45) is 5.92 Å². The van der Waals surface area contributed by atoms with Crippen molar-refractivity contribution < 1.29 is 28.6 Å². The Labute approximate surface area is 252 Å². The fourth-order valence-electron chi connectivity index (χ4n) is 4.49. The van der Waals surface area contributed by atoms with Gasteiger partial charge in [0.15, 0.2) is 27.4 Å². The maximum Gasteiger partial charge on any atom is 0.296 e. The lowest BCUT2D eigenvalue weighted by molar-refractivity contribution is -0.117. The van der Waals surface area contributed by atoms with Crippen LogP contribution in [-0.2, 0) is 10.5 Å². The van der Waals surface area contributed by atoms with Crippen LogP contribution >= 0.6 is 23.1 Å². The minimum absolute atomic E-state index is 0.0191. The van der Waals surface area contributed by atoms with E-state index in [1.165, 1.54) is 41.2 Å². The molecule has 1 atom stereocenters. The molecule has 3 heterocycles. The largest absolute Gasteiger partial charge is 0.503 e. The summed E-state index contributed by atoms with van der Waals surface area (Å²) in [6.45, 7) is 6.46. The van der Waals surface area contributed by atoms with Crippen molar-refractivity contribution in [3.63, 3.8) is 0 Å². The second-order valence-corrected chi connectivity index (χ2v) is 12.3. The molecule has 0 saturated heterocycles. The SMILES string of the molecule is COc1cc(C2C(C(=O)c3ccc(C)o3)=C(O)C(=O)N2c2nnc(SCc3ccccc3)s2)ccc1OCCC(C)C. The number of methoxy groups -OCH3 is 1. The van der Waals surface area contributed by atoms with Crippen molar-refractivity contribution in [3.05, 3.63) is 94.6 Å². The number of aliphatic hydroxyl groups excluding tert-OH is 1. The lowest BCUT2D eigenvalue weighted by Crippen LogP contribution is -2.31. The summed E-state index contributed by atoms with van der Waals surface area (Å²) < 4.78 is 17.8. The van der Waals surface area contributed by atoms with E-state index in [1.54, 1.807) is 31.2 Å². The molecule has 0 saturated carbocycles. The van der Waals surface area contributed by atoms with E-state index in [4.69, 9.17) is 13.9 Å². The highest BCUT2D eigenvalue weighted by Crippen LogP contribution is 2.45. The number of carbonyl (C=O) groups is 2. The molecule has 2 aromatic carbocycles. The number of aromatic nitrogens is 2. The summed E-state index contributed by atoms with van der Waals surface area (Å²) in [6.07, 6.45) is 0.870. The molecule has 42 heavy (non-hydrogen) atoms. The van der Waals surface area contributed by atoms with Gasteiger partial charge in [-0.1, -0.05) is 73.3 Å². The number of aliphatic hydroxyl groups is 1. The Morgan fingerprint density at radius 2 is 1.90 bits per heavy atom. The van der Waals surface area contributed by atoms with Gasteiger partial charge in [-0.05, 0) is 54.7 Å². The van der Waals surface area contributed by atoms with Gasteiger partial charge in [-0.25, -0.2) is 0 Å². The summed E-state index contributed by atoms with van der Waals surface area (Å²) in [5, 5.41) is 19.9.